The smallest absolute Gasteiger partial charge is 0.153 e. The van der Waals surface area contributed by atoms with Crippen LogP contribution in [0.5, 0.6) is 0 Å². The molecule has 2 aromatic heterocycles. The van der Waals surface area contributed by atoms with Gasteiger partial charge in [0.2, 0.25) is 0 Å². The van der Waals surface area contributed by atoms with Gasteiger partial charge in [0.1, 0.15) is 0 Å². The van der Waals surface area contributed by atoms with Gasteiger partial charge in [0, 0.05) is 25.0 Å². The summed E-state index contributed by atoms with van der Waals surface area (Å²) in [6.45, 7) is 5.05. The first-order valence-corrected chi connectivity index (χ1v) is 7.45. The summed E-state index contributed by atoms with van der Waals surface area (Å²) in [5.41, 5.74) is 2.14. The minimum absolute atomic E-state index is 0.416. The number of rotatable bonds is 5. The number of aromatic nitrogens is 3. The van der Waals surface area contributed by atoms with Crippen molar-refractivity contribution in [1.82, 2.24) is 20.1 Å². The van der Waals surface area contributed by atoms with E-state index in [4.69, 9.17) is 11.6 Å². The Morgan fingerprint density at radius 3 is 2.90 bits per heavy atom. The largest absolute Gasteiger partial charge is 0.310 e. The van der Waals surface area contributed by atoms with Crippen molar-refractivity contribution in [3.63, 3.8) is 0 Å². The van der Waals surface area contributed by atoms with Crippen LogP contribution >= 0.6 is 11.6 Å². The molecule has 0 aromatic carbocycles. The maximum absolute atomic E-state index is 6.21. The molecule has 3 rings (SSSR count). The van der Waals surface area contributed by atoms with Gasteiger partial charge in [-0.2, -0.15) is 5.10 Å². The second kappa shape index (κ2) is 5.54. The van der Waals surface area contributed by atoms with Crippen molar-refractivity contribution in [2.75, 3.05) is 0 Å². The van der Waals surface area contributed by atoms with Crippen LogP contribution in [0.25, 0.3) is 5.82 Å². The molecule has 2 heterocycles. The zero-order valence-corrected chi connectivity index (χ0v) is 12.6. The summed E-state index contributed by atoms with van der Waals surface area (Å²) < 4.78 is 1.81. The van der Waals surface area contributed by atoms with Gasteiger partial charge in [-0.25, -0.2) is 9.67 Å². The van der Waals surface area contributed by atoms with E-state index < -0.39 is 0 Å². The topological polar surface area (TPSA) is 42.7 Å². The molecule has 0 unspecified atom stereocenters. The van der Waals surface area contributed by atoms with E-state index in [1.165, 1.54) is 12.8 Å². The quantitative estimate of drug-likeness (QED) is 0.919. The number of nitrogens with one attached hydrogen (secondary N) is 1. The fourth-order valence-corrected chi connectivity index (χ4v) is 2.21. The van der Waals surface area contributed by atoms with Crippen LogP contribution in [0, 0.1) is 0 Å². The van der Waals surface area contributed by atoms with Crippen LogP contribution in [0.1, 0.15) is 43.9 Å². The van der Waals surface area contributed by atoms with Gasteiger partial charge in [-0.3, -0.25) is 0 Å². The summed E-state index contributed by atoms with van der Waals surface area (Å²) in [5, 5.41) is 8.73. The predicted octanol–water partition coefficient (Wildman–Crippen LogP) is 3.30. The Labute approximate surface area is 124 Å². The molecule has 0 bridgehead atoms. The molecule has 1 saturated carbocycles. The van der Waals surface area contributed by atoms with Gasteiger partial charge in [-0.05, 0) is 36.5 Å². The Balaban J connectivity index is 1.82. The monoisotopic (exact) mass is 290 g/mol. The Kier molecular flexibility index (Phi) is 3.76. The average Bonchev–Trinajstić information content (AvgIpc) is 3.12. The zero-order valence-electron chi connectivity index (χ0n) is 11.8. The summed E-state index contributed by atoms with van der Waals surface area (Å²) >= 11 is 6.21. The number of nitrogens with zero attached hydrogens (tertiary/aromatic N) is 3. The van der Waals surface area contributed by atoms with Crippen molar-refractivity contribution in [3.8, 4) is 5.82 Å². The van der Waals surface area contributed by atoms with E-state index in [9.17, 15) is 0 Å². The molecule has 1 fully saturated rings. The fraction of sp³-hybridized carbons (Fsp3) is 0.467. The molecule has 1 aliphatic rings. The van der Waals surface area contributed by atoms with E-state index in [-0.39, 0.29) is 0 Å². The molecule has 106 valence electrons. The maximum Gasteiger partial charge on any atom is 0.153 e. The number of halogens is 1. The second-order valence-electron chi connectivity index (χ2n) is 5.63. The molecule has 2 aromatic rings. The lowest BCUT2D eigenvalue weighted by atomic mass is 10.1. The van der Waals surface area contributed by atoms with E-state index in [1.54, 1.807) is 6.20 Å². The van der Waals surface area contributed by atoms with Crippen LogP contribution < -0.4 is 5.32 Å². The van der Waals surface area contributed by atoms with Crippen LogP contribution in [-0.4, -0.2) is 20.8 Å². The summed E-state index contributed by atoms with van der Waals surface area (Å²) in [6.07, 6.45) is 6.19. The summed E-state index contributed by atoms with van der Waals surface area (Å²) in [6, 6.07) is 4.71. The van der Waals surface area contributed by atoms with E-state index in [0.717, 1.165) is 23.6 Å². The third kappa shape index (κ3) is 3.02. The van der Waals surface area contributed by atoms with E-state index in [1.807, 2.05) is 23.0 Å². The standard InChI is InChI=1S/C15H19ClN4/c1-10(2)14-5-6-20(19-14)15-7-11(13(16)9-18-15)8-17-12-3-4-12/h5-7,9-10,12,17H,3-4,8H2,1-2H3. The molecule has 0 aliphatic heterocycles. The highest BCUT2D eigenvalue weighted by Gasteiger charge is 2.20. The molecule has 4 nitrogen and oxygen atoms in total. The third-order valence-electron chi connectivity index (χ3n) is 3.51. The van der Waals surface area contributed by atoms with Gasteiger partial charge in [0.15, 0.2) is 5.82 Å². The molecule has 1 aliphatic carbocycles. The summed E-state index contributed by atoms with van der Waals surface area (Å²) in [7, 11) is 0. The fourth-order valence-electron chi connectivity index (χ4n) is 2.04. The Morgan fingerprint density at radius 2 is 2.25 bits per heavy atom. The molecule has 0 saturated heterocycles. The SMILES string of the molecule is CC(C)c1ccn(-c2cc(CNC3CC3)c(Cl)cn2)n1. The van der Waals surface area contributed by atoms with Crippen molar-refractivity contribution in [1.29, 1.82) is 0 Å². The maximum atomic E-state index is 6.21. The highest BCUT2D eigenvalue weighted by molar-refractivity contribution is 6.31. The highest BCUT2D eigenvalue weighted by atomic mass is 35.5. The lowest BCUT2D eigenvalue weighted by Gasteiger charge is -2.08. The minimum atomic E-state index is 0.416. The van der Waals surface area contributed by atoms with E-state index >= 15 is 0 Å². The van der Waals surface area contributed by atoms with Gasteiger partial charge in [-0.1, -0.05) is 25.4 Å². The van der Waals surface area contributed by atoms with Crippen molar-refractivity contribution < 1.29 is 0 Å². The molecular formula is C15H19ClN4. The van der Waals surface area contributed by atoms with Gasteiger partial charge in [-0.15, -0.1) is 0 Å². The van der Waals surface area contributed by atoms with Crippen LogP contribution in [0.4, 0.5) is 0 Å². The van der Waals surface area contributed by atoms with Crippen molar-refractivity contribution >= 4 is 11.6 Å². The van der Waals surface area contributed by atoms with Crippen LogP contribution in [0.2, 0.25) is 5.02 Å². The number of pyridine rings is 1. The first kappa shape index (κ1) is 13.6. The van der Waals surface area contributed by atoms with Crippen molar-refractivity contribution in [2.45, 2.75) is 45.2 Å². The molecule has 0 amide bonds. The Hall–Kier alpha value is -1.39. The van der Waals surface area contributed by atoms with Crippen LogP contribution in [-0.2, 0) is 6.54 Å². The van der Waals surface area contributed by atoms with Gasteiger partial charge in [0.05, 0.1) is 10.7 Å². The second-order valence-corrected chi connectivity index (χ2v) is 6.04. The number of hydrogen-bond acceptors (Lipinski definition) is 3. The first-order chi connectivity index (χ1) is 9.63. The lowest BCUT2D eigenvalue weighted by Crippen LogP contribution is -2.16. The van der Waals surface area contributed by atoms with Gasteiger partial charge >= 0.3 is 0 Å². The molecular weight excluding hydrogens is 272 g/mol. The van der Waals surface area contributed by atoms with E-state index in [0.29, 0.717) is 17.0 Å². The first-order valence-electron chi connectivity index (χ1n) is 7.07. The molecule has 20 heavy (non-hydrogen) atoms. The highest BCUT2D eigenvalue weighted by Crippen LogP contribution is 2.22. The van der Waals surface area contributed by atoms with Crippen molar-refractivity contribution in [2.24, 2.45) is 0 Å². The molecule has 5 heteroatoms. The number of hydrogen-bond donors (Lipinski definition) is 1. The zero-order chi connectivity index (χ0) is 14.1. The molecule has 0 atom stereocenters. The summed E-state index contributed by atoms with van der Waals surface area (Å²) in [4.78, 5) is 4.37. The van der Waals surface area contributed by atoms with Crippen molar-refractivity contribution in [3.05, 3.63) is 40.8 Å². The molecule has 0 spiro atoms. The van der Waals surface area contributed by atoms with Gasteiger partial charge < -0.3 is 5.32 Å². The Bertz CT molecular complexity index is 602. The average molecular weight is 291 g/mol. The lowest BCUT2D eigenvalue weighted by molar-refractivity contribution is 0.685. The van der Waals surface area contributed by atoms with Gasteiger partial charge in [0.25, 0.3) is 0 Å². The van der Waals surface area contributed by atoms with Crippen LogP contribution in [0.3, 0.4) is 0 Å². The molecule has 0 radical (unpaired) electrons. The third-order valence-corrected chi connectivity index (χ3v) is 3.86. The van der Waals surface area contributed by atoms with E-state index in [2.05, 4.69) is 29.2 Å². The van der Waals surface area contributed by atoms with Crippen LogP contribution in [0.15, 0.2) is 24.5 Å². The predicted molar refractivity (Wildman–Crippen MR) is 80.3 cm³/mol. The Morgan fingerprint density at radius 1 is 1.45 bits per heavy atom. The minimum Gasteiger partial charge on any atom is -0.310 e. The molecule has 1 N–H and O–H groups in total. The normalized spacial score (nSPS) is 15.0. The summed E-state index contributed by atoms with van der Waals surface area (Å²) in [5.74, 6) is 1.23.